The van der Waals surface area contributed by atoms with Gasteiger partial charge in [0, 0.05) is 20.4 Å². The molecule has 0 saturated carbocycles. The fourth-order valence-electron chi connectivity index (χ4n) is 3.25. The lowest BCUT2D eigenvalue weighted by atomic mass is 10.1. The van der Waals surface area contributed by atoms with Crippen LogP contribution in [0.5, 0.6) is 11.5 Å². The molecule has 0 saturated heterocycles. The van der Waals surface area contributed by atoms with Gasteiger partial charge in [-0.25, -0.2) is 4.98 Å². The molecular formula is C25H28Br3N3O3. The molecule has 6 nitrogen and oxygen atoms in total. The van der Waals surface area contributed by atoms with Gasteiger partial charge in [-0.2, -0.15) is 9.78 Å². The normalized spacial score (nSPS) is 13.4. The Bertz CT molecular complexity index is 1270. The van der Waals surface area contributed by atoms with Gasteiger partial charge in [0.15, 0.2) is 11.5 Å². The molecule has 0 fully saturated rings. The van der Waals surface area contributed by atoms with Crippen LogP contribution < -0.4 is 15.0 Å². The van der Waals surface area contributed by atoms with E-state index in [0.29, 0.717) is 34.8 Å². The number of benzene rings is 2. The van der Waals surface area contributed by atoms with Crippen molar-refractivity contribution in [1.29, 1.82) is 0 Å². The highest BCUT2D eigenvalue weighted by Gasteiger charge is 2.20. The first-order valence-electron chi connectivity index (χ1n) is 11.3. The van der Waals surface area contributed by atoms with Crippen molar-refractivity contribution >= 4 is 64.9 Å². The number of aromatic nitrogens is 2. The van der Waals surface area contributed by atoms with Crippen LogP contribution in [0.4, 0.5) is 0 Å². The van der Waals surface area contributed by atoms with Gasteiger partial charge in [0.2, 0.25) is 0 Å². The topological polar surface area (TPSA) is 65.7 Å². The predicted molar refractivity (Wildman–Crippen MR) is 149 cm³/mol. The summed E-state index contributed by atoms with van der Waals surface area (Å²) in [5, 5.41) is 5.09. The molecule has 3 aromatic rings. The van der Waals surface area contributed by atoms with Crippen LogP contribution in [0.15, 0.2) is 47.6 Å². The molecule has 182 valence electrons. The summed E-state index contributed by atoms with van der Waals surface area (Å²) in [6.45, 7) is 10.6. The first-order valence-corrected chi connectivity index (χ1v) is 13.7. The molecule has 1 heterocycles. The zero-order valence-electron chi connectivity index (χ0n) is 19.9. The summed E-state index contributed by atoms with van der Waals surface area (Å²) < 4.78 is 15.7. The van der Waals surface area contributed by atoms with Crippen molar-refractivity contribution in [3.05, 3.63) is 59.4 Å². The molecule has 3 rings (SSSR count). The Morgan fingerprint density at radius 3 is 2.47 bits per heavy atom. The van der Waals surface area contributed by atoms with Crippen LogP contribution in [0, 0.1) is 0 Å². The summed E-state index contributed by atoms with van der Waals surface area (Å²) >= 11 is 10.7. The zero-order chi connectivity index (χ0) is 25.0. The predicted octanol–water partition coefficient (Wildman–Crippen LogP) is 7.66. The van der Waals surface area contributed by atoms with Gasteiger partial charge >= 0.3 is 0 Å². The molecule has 0 amide bonds. The molecule has 34 heavy (non-hydrogen) atoms. The number of fused-ring (bicyclic) bond motifs is 1. The molecule has 0 N–H and O–H groups in total. The lowest BCUT2D eigenvalue weighted by molar-refractivity contribution is 0.201. The molecule has 2 aromatic carbocycles. The van der Waals surface area contributed by atoms with Crippen LogP contribution in [0.3, 0.4) is 0 Å². The summed E-state index contributed by atoms with van der Waals surface area (Å²) in [6, 6.07) is 7.37. The third-order valence-electron chi connectivity index (χ3n) is 5.55. The van der Waals surface area contributed by atoms with Gasteiger partial charge in [-0.05, 0) is 82.8 Å². The van der Waals surface area contributed by atoms with Gasteiger partial charge in [-0.3, -0.25) is 4.79 Å². The molecule has 0 aliphatic carbocycles. The Morgan fingerprint density at radius 1 is 1.09 bits per heavy atom. The Kier molecular flexibility index (Phi) is 9.34. The van der Waals surface area contributed by atoms with E-state index < -0.39 is 0 Å². The van der Waals surface area contributed by atoms with Crippen molar-refractivity contribution in [3.63, 3.8) is 0 Å². The largest absolute Gasteiger partial charge is 0.490 e. The van der Waals surface area contributed by atoms with Gasteiger partial charge in [0.1, 0.15) is 5.82 Å². The maximum absolute atomic E-state index is 13.4. The summed E-state index contributed by atoms with van der Waals surface area (Å²) in [7, 11) is 0. The van der Waals surface area contributed by atoms with E-state index in [4.69, 9.17) is 14.5 Å². The molecular weight excluding hydrogens is 630 g/mol. The molecule has 9 heteroatoms. The van der Waals surface area contributed by atoms with Crippen LogP contribution in [0.2, 0.25) is 0 Å². The Hall–Kier alpha value is -1.71. The Balaban J connectivity index is 2.17. The summed E-state index contributed by atoms with van der Waals surface area (Å²) in [6.07, 6.45) is 3.37. The van der Waals surface area contributed by atoms with Crippen molar-refractivity contribution in [2.75, 3.05) is 6.61 Å². The molecule has 0 aliphatic rings. The number of hydrogen-bond donors (Lipinski definition) is 0. The second-order valence-electron chi connectivity index (χ2n) is 7.99. The van der Waals surface area contributed by atoms with E-state index in [1.165, 1.54) is 4.68 Å². The summed E-state index contributed by atoms with van der Waals surface area (Å²) in [5.74, 6) is 1.91. The van der Waals surface area contributed by atoms with Crippen molar-refractivity contribution in [2.24, 2.45) is 5.10 Å². The lowest BCUT2D eigenvalue weighted by Gasteiger charge is -2.19. The van der Waals surface area contributed by atoms with E-state index in [1.54, 1.807) is 12.3 Å². The summed E-state index contributed by atoms with van der Waals surface area (Å²) in [4.78, 5) is 18.2. The smallest absolute Gasteiger partial charge is 0.282 e. The van der Waals surface area contributed by atoms with Gasteiger partial charge < -0.3 is 9.47 Å². The average Bonchev–Trinajstić information content (AvgIpc) is 2.83. The number of halogens is 3. The molecule has 0 unspecified atom stereocenters. The van der Waals surface area contributed by atoms with Crippen molar-refractivity contribution in [1.82, 2.24) is 9.66 Å². The third kappa shape index (κ3) is 5.74. The van der Waals surface area contributed by atoms with Crippen LogP contribution >= 0.6 is 47.8 Å². The van der Waals surface area contributed by atoms with E-state index in [1.807, 2.05) is 39.0 Å². The standard InChI is InChI=1S/C25H28Br3N3O3/c1-6-14(4)24-30-19-10-9-17(26)12-18(19)25(32)31(24)29-13-16-11-20(33-8-3)23(22(28)21(16)27)34-15(5)7-2/h9-15H,6-8H2,1-5H3/t14-,15-/m1/s1. The minimum atomic E-state index is -0.213. The average molecular weight is 658 g/mol. The highest BCUT2D eigenvalue weighted by molar-refractivity contribution is 9.13. The van der Waals surface area contributed by atoms with Crippen LogP contribution in [-0.2, 0) is 0 Å². The first kappa shape index (κ1) is 26.9. The molecule has 2 atom stereocenters. The number of ether oxygens (including phenoxy) is 2. The second kappa shape index (κ2) is 11.8. The molecule has 1 aromatic heterocycles. The van der Waals surface area contributed by atoms with Crippen molar-refractivity contribution < 1.29 is 9.47 Å². The summed E-state index contributed by atoms with van der Waals surface area (Å²) in [5.41, 5.74) is 1.18. The van der Waals surface area contributed by atoms with Crippen LogP contribution in [0.25, 0.3) is 10.9 Å². The van der Waals surface area contributed by atoms with Crippen LogP contribution in [0.1, 0.15) is 64.8 Å². The molecule has 0 bridgehead atoms. The Labute approximate surface area is 225 Å². The van der Waals surface area contributed by atoms with Crippen LogP contribution in [-0.4, -0.2) is 28.6 Å². The van der Waals surface area contributed by atoms with E-state index in [2.05, 4.69) is 66.7 Å². The number of hydrogen-bond acceptors (Lipinski definition) is 5. The fraction of sp³-hybridized carbons (Fsp3) is 0.400. The highest BCUT2D eigenvalue weighted by atomic mass is 79.9. The zero-order valence-corrected chi connectivity index (χ0v) is 24.6. The SMILES string of the molecule is CCOc1cc(C=Nn2c([C@H](C)CC)nc3ccc(Br)cc3c2=O)c(Br)c(Br)c1O[C@H](C)CC. The minimum Gasteiger partial charge on any atom is -0.490 e. The molecule has 0 radical (unpaired) electrons. The van der Waals surface area contributed by atoms with Gasteiger partial charge in [0.05, 0.1) is 34.3 Å². The second-order valence-corrected chi connectivity index (χ2v) is 10.5. The van der Waals surface area contributed by atoms with E-state index in [0.717, 1.165) is 31.8 Å². The Morgan fingerprint density at radius 2 is 1.82 bits per heavy atom. The van der Waals surface area contributed by atoms with Crippen molar-refractivity contribution in [3.8, 4) is 11.5 Å². The maximum atomic E-state index is 13.4. The highest BCUT2D eigenvalue weighted by Crippen LogP contribution is 2.43. The first-order chi connectivity index (χ1) is 16.2. The lowest BCUT2D eigenvalue weighted by Crippen LogP contribution is -2.23. The van der Waals surface area contributed by atoms with Gasteiger partial charge in [0.25, 0.3) is 5.56 Å². The minimum absolute atomic E-state index is 0.0292. The van der Waals surface area contributed by atoms with Gasteiger partial charge in [-0.15, -0.1) is 0 Å². The van der Waals surface area contributed by atoms with E-state index in [9.17, 15) is 4.79 Å². The monoisotopic (exact) mass is 655 g/mol. The van der Waals surface area contributed by atoms with Crippen molar-refractivity contribution in [2.45, 2.75) is 59.5 Å². The third-order valence-corrected chi connectivity index (χ3v) is 8.18. The van der Waals surface area contributed by atoms with E-state index in [-0.39, 0.29) is 17.6 Å². The van der Waals surface area contributed by atoms with E-state index >= 15 is 0 Å². The molecule has 0 spiro atoms. The number of nitrogens with zero attached hydrogens (tertiary/aromatic N) is 3. The quantitative estimate of drug-likeness (QED) is 0.222. The fourth-order valence-corrected chi connectivity index (χ4v) is 4.53. The number of rotatable bonds is 9. The molecule has 0 aliphatic heterocycles. The van der Waals surface area contributed by atoms with Gasteiger partial charge in [-0.1, -0.05) is 36.7 Å². The maximum Gasteiger partial charge on any atom is 0.282 e.